The zero-order chi connectivity index (χ0) is 20.3. The lowest BCUT2D eigenvalue weighted by Gasteiger charge is -2.40. The predicted molar refractivity (Wildman–Crippen MR) is 119 cm³/mol. The van der Waals surface area contributed by atoms with Crippen molar-refractivity contribution in [1.29, 1.82) is 5.26 Å². The number of allylic oxidation sites excluding steroid dienone is 3. The Morgan fingerprint density at radius 2 is 2.10 bits per heavy atom. The maximum absolute atomic E-state index is 9.23. The van der Waals surface area contributed by atoms with E-state index in [9.17, 15) is 5.26 Å². The lowest BCUT2D eigenvalue weighted by atomic mass is 9.77. The quantitative estimate of drug-likeness (QED) is 0.444. The van der Waals surface area contributed by atoms with Crippen molar-refractivity contribution in [3.8, 4) is 22.9 Å². The fourth-order valence-corrected chi connectivity index (χ4v) is 4.43. The van der Waals surface area contributed by atoms with Gasteiger partial charge in [-0.2, -0.15) is 5.26 Å². The summed E-state index contributed by atoms with van der Waals surface area (Å²) < 4.78 is 6.43. The van der Waals surface area contributed by atoms with E-state index in [1.807, 2.05) is 36.4 Å². The molecule has 4 rings (SSSR count). The van der Waals surface area contributed by atoms with Gasteiger partial charge in [0.1, 0.15) is 17.4 Å². The highest BCUT2D eigenvalue weighted by molar-refractivity contribution is 7.78. The predicted octanol–water partition coefficient (Wildman–Crippen LogP) is 6.36. The molecule has 1 aliphatic heterocycles. The summed E-state index contributed by atoms with van der Waals surface area (Å²) in [5.74, 6) is 0.854. The number of hydrogen-bond donors (Lipinski definition) is 0. The van der Waals surface area contributed by atoms with Crippen LogP contribution in [0.5, 0.6) is 5.75 Å². The van der Waals surface area contributed by atoms with Gasteiger partial charge >= 0.3 is 0 Å². The number of rotatable bonds is 4. The lowest BCUT2D eigenvalue weighted by molar-refractivity contribution is 0.147. The highest BCUT2D eigenvalue weighted by Crippen LogP contribution is 2.47. The number of ether oxygens (including phenoxy) is 1. The molecule has 0 radical (unpaired) electrons. The molecule has 29 heavy (non-hydrogen) atoms. The van der Waals surface area contributed by atoms with Crippen LogP contribution in [0.15, 0.2) is 71.3 Å². The number of nitriles is 1. The van der Waals surface area contributed by atoms with Crippen LogP contribution in [0.3, 0.4) is 0 Å². The first-order valence-corrected chi connectivity index (χ1v) is 10.4. The summed E-state index contributed by atoms with van der Waals surface area (Å²) in [6.45, 7) is 2.14. The van der Waals surface area contributed by atoms with Gasteiger partial charge in [-0.1, -0.05) is 43.4 Å². The molecule has 1 heterocycles. The minimum absolute atomic E-state index is 0.00716. The summed E-state index contributed by atoms with van der Waals surface area (Å²) in [4.78, 5) is 4.68. The Hall–Kier alpha value is -2.99. The molecule has 4 heteroatoms. The highest BCUT2D eigenvalue weighted by Gasteiger charge is 2.41. The van der Waals surface area contributed by atoms with Crippen LogP contribution in [0.2, 0.25) is 0 Å². The van der Waals surface area contributed by atoms with E-state index in [0.717, 1.165) is 48.1 Å². The first-order valence-electron chi connectivity index (χ1n) is 9.95. The molecule has 2 unspecified atom stereocenters. The summed E-state index contributed by atoms with van der Waals surface area (Å²) >= 11 is 5.04. The van der Waals surface area contributed by atoms with Crippen molar-refractivity contribution < 1.29 is 4.74 Å². The van der Waals surface area contributed by atoms with Gasteiger partial charge in [0.15, 0.2) is 0 Å². The highest BCUT2D eigenvalue weighted by atomic mass is 32.1. The molecular formula is C25H22N2OS. The molecule has 2 aromatic rings. The van der Waals surface area contributed by atoms with E-state index in [2.05, 4.69) is 47.4 Å². The molecule has 0 bridgehead atoms. The van der Waals surface area contributed by atoms with Crippen LogP contribution < -0.4 is 4.74 Å². The summed E-state index contributed by atoms with van der Waals surface area (Å²) in [5.41, 5.74) is 4.59. The fraction of sp³-hybridized carbons (Fsp3) is 0.280. The van der Waals surface area contributed by atoms with E-state index in [0.29, 0.717) is 5.56 Å². The molecular weight excluding hydrogens is 376 g/mol. The summed E-state index contributed by atoms with van der Waals surface area (Å²) in [6, 6.07) is 16.1. The fourth-order valence-electron chi connectivity index (χ4n) is 4.26. The molecule has 1 aliphatic carbocycles. The van der Waals surface area contributed by atoms with Gasteiger partial charge in [-0.25, -0.2) is 4.99 Å². The zero-order valence-electron chi connectivity index (χ0n) is 16.4. The van der Waals surface area contributed by atoms with Crippen LogP contribution >= 0.6 is 12.2 Å². The largest absolute Gasteiger partial charge is 0.486 e. The third kappa shape index (κ3) is 3.68. The van der Waals surface area contributed by atoms with Gasteiger partial charge in [-0.05, 0) is 72.4 Å². The Morgan fingerprint density at radius 1 is 1.24 bits per heavy atom. The monoisotopic (exact) mass is 398 g/mol. The molecule has 0 saturated carbocycles. The van der Waals surface area contributed by atoms with E-state index < -0.39 is 5.54 Å². The van der Waals surface area contributed by atoms with Gasteiger partial charge in [0.2, 0.25) is 0 Å². The van der Waals surface area contributed by atoms with Gasteiger partial charge in [-0.15, -0.1) is 0 Å². The normalized spacial score (nSPS) is 22.5. The number of hydrogen-bond acceptors (Lipinski definition) is 4. The molecule has 2 aliphatic rings. The van der Waals surface area contributed by atoms with Crippen molar-refractivity contribution in [2.75, 3.05) is 0 Å². The van der Waals surface area contributed by atoms with Crippen molar-refractivity contribution in [3.05, 3.63) is 77.4 Å². The molecule has 3 nitrogen and oxygen atoms in total. The Morgan fingerprint density at radius 3 is 2.83 bits per heavy atom. The molecule has 0 fully saturated rings. The Labute approximate surface area is 177 Å². The maximum Gasteiger partial charge on any atom is 0.125 e. The van der Waals surface area contributed by atoms with Crippen molar-refractivity contribution >= 4 is 17.4 Å². The van der Waals surface area contributed by atoms with E-state index in [1.54, 1.807) is 0 Å². The van der Waals surface area contributed by atoms with Gasteiger partial charge in [0.25, 0.3) is 0 Å². The number of benzene rings is 2. The van der Waals surface area contributed by atoms with Gasteiger partial charge in [-0.3, -0.25) is 0 Å². The molecule has 0 saturated heterocycles. The third-order valence-corrected chi connectivity index (χ3v) is 5.99. The first kappa shape index (κ1) is 19.3. The average molecular weight is 399 g/mol. The van der Waals surface area contributed by atoms with Crippen LogP contribution in [-0.2, 0) is 5.54 Å². The van der Waals surface area contributed by atoms with Crippen molar-refractivity contribution in [2.45, 2.75) is 44.2 Å². The second-order valence-electron chi connectivity index (χ2n) is 7.51. The second-order valence-corrected chi connectivity index (χ2v) is 7.69. The lowest BCUT2D eigenvalue weighted by Crippen LogP contribution is -2.38. The van der Waals surface area contributed by atoms with Gasteiger partial charge in [0, 0.05) is 12.0 Å². The smallest absolute Gasteiger partial charge is 0.125 e. The molecule has 144 valence electrons. The number of thiocarbonyl (C=S) groups is 1. The number of nitrogens with zero attached hydrogens (tertiary/aromatic N) is 2. The van der Waals surface area contributed by atoms with E-state index in [1.165, 1.54) is 5.57 Å². The van der Waals surface area contributed by atoms with Crippen LogP contribution in [0.4, 0.5) is 0 Å². The zero-order valence-corrected chi connectivity index (χ0v) is 17.2. The average Bonchev–Trinajstić information content (AvgIpc) is 2.79. The molecule has 2 atom stereocenters. The minimum Gasteiger partial charge on any atom is -0.486 e. The molecule has 2 aromatic carbocycles. The van der Waals surface area contributed by atoms with Crippen LogP contribution in [0, 0.1) is 11.3 Å². The van der Waals surface area contributed by atoms with Crippen molar-refractivity contribution in [2.24, 2.45) is 4.99 Å². The van der Waals surface area contributed by atoms with E-state index in [4.69, 9.17) is 17.0 Å². The topological polar surface area (TPSA) is 45.4 Å². The minimum atomic E-state index is -0.454. The number of aliphatic imine (C=N–C) groups is 1. The standard InChI is InChI=1S/C25H22N2OS/c1-2-25(27-17-29)15-24(19-8-4-3-5-9-19)28-23-12-11-21(14-22(23)25)20-10-6-7-18(13-20)16-26/h3-4,6-8,10-14,24H,2,5,9,15H2,1H3. The first-order chi connectivity index (χ1) is 14.2. The van der Waals surface area contributed by atoms with Crippen LogP contribution in [0.25, 0.3) is 11.1 Å². The molecule has 0 aromatic heterocycles. The molecule has 0 N–H and O–H groups in total. The van der Waals surface area contributed by atoms with Crippen molar-refractivity contribution in [1.82, 2.24) is 0 Å². The molecule has 0 spiro atoms. The summed E-state index contributed by atoms with van der Waals surface area (Å²) in [5, 5.41) is 11.9. The Bertz CT molecular complexity index is 1090. The molecule has 0 amide bonds. The Kier molecular flexibility index (Phi) is 5.45. The Balaban J connectivity index is 1.81. The third-order valence-electron chi connectivity index (χ3n) is 5.90. The van der Waals surface area contributed by atoms with Gasteiger partial charge < -0.3 is 4.74 Å². The van der Waals surface area contributed by atoms with E-state index in [-0.39, 0.29) is 6.10 Å². The summed E-state index contributed by atoms with van der Waals surface area (Å²) in [6.07, 6.45) is 10.1. The number of isothiocyanates is 1. The number of fused-ring (bicyclic) bond motifs is 1. The van der Waals surface area contributed by atoms with Gasteiger partial charge in [0.05, 0.1) is 16.8 Å². The van der Waals surface area contributed by atoms with Crippen molar-refractivity contribution in [3.63, 3.8) is 0 Å². The second kappa shape index (κ2) is 8.17. The van der Waals surface area contributed by atoms with Crippen LogP contribution in [-0.4, -0.2) is 11.3 Å². The maximum atomic E-state index is 9.23. The SMILES string of the molecule is CCC1(N=C=S)CC(C2=CC=CCC2)Oc2ccc(-c3cccc(C#N)c3)cc21. The van der Waals surface area contributed by atoms with E-state index >= 15 is 0 Å². The van der Waals surface area contributed by atoms with Crippen LogP contribution in [0.1, 0.15) is 43.7 Å². The summed E-state index contributed by atoms with van der Waals surface area (Å²) in [7, 11) is 0.